The van der Waals surface area contributed by atoms with Crippen molar-refractivity contribution in [3.63, 3.8) is 0 Å². The monoisotopic (exact) mass is 285 g/mol. The number of fused-ring (bicyclic) bond motifs is 1. The zero-order valence-electron chi connectivity index (χ0n) is 13.4. The van der Waals surface area contributed by atoms with Crippen molar-refractivity contribution in [3.05, 3.63) is 29.8 Å². The second kappa shape index (κ2) is 4.12. The molecule has 2 saturated heterocycles. The zero-order chi connectivity index (χ0) is 14.9. The summed E-state index contributed by atoms with van der Waals surface area (Å²) in [6, 6.07) is 8.90. The molecular formula is C17H24BNO2. The molecule has 4 rings (SSSR count). The fourth-order valence-corrected chi connectivity index (χ4v) is 3.74. The van der Waals surface area contributed by atoms with Gasteiger partial charge in [0.25, 0.3) is 0 Å². The van der Waals surface area contributed by atoms with Gasteiger partial charge in [0, 0.05) is 12.0 Å². The summed E-state index contributed by atoms with van der Waals surface area (Å²) >= 11 is 0. The second-order valence-corrected chi connectivity index (χ2v) is 7.90. The van der Waals surface area contributed by atoms with Gasteiger partial charge in [-0.05, 0) is 57.6 Å². The topological polar surface area (TPSA) is 30.5 Å². The average molecular weight is 285 g/mol. The van der Waals surface area contributed by atoms with E-state index in [9.17, 15) is 0 Å². The summed E-state index contributed by atoms with van der Waals surface area (Å²) in [6.45, 7) is 10.7. The van der Waals surface area contributed by atoms with E-state index >= 15 is 0 Å². The van der Waals surface area contributed by atoms with Crippen LogP contribution in [0.25, 0.3) is 0 Å². The quantitative estimate of drug-likeness (QED) is 0.841. The lowest BCUT2D eigenvalue weighted by Crippen LogP contribution is -2.41. The highest BCUT2D eigenvalue weighted by atomic mass is 16.7. The van der Waals surface area contributed by atoms with E-state index in [-0.39, 0.29) is 18.3 Å². The zero-order valence-corrected chi connectivity index (χ0v) is 13.4. The summed E-state index contributed by atoms with van der Waals surface area (Å²) in [6.07, 6.45) is 1.34. The van der Waals surface area contributed by atoms with Crippen molar-refractivity contribution in [1.29, 1.82) is 0 Å². The van der Waals surface area contributed by atoms with Crippen molar-refractivity contribution in [2.24, 2.45) is 5.92 Å². The number of piperidine rings is 1. The Hall–Kier alpha value is -0.835. The second-order valence-electron chi connectivity index (χ2n) is 7.90. The lowest BCUT2D eigenvalue weighted by Gasteiger charge is -2.32. The number of hydrogen-bond donors (Lipinski definition) is 1. The Morgan fingerprint density at radius 3 is 2.14 bits per heavy atom. The van der Waals surface area contributed by atoms with Crippen molar-refractivity contribution < 1.29 is 9.31 Å². The SMILES string of the molecule is CC1(C)OB(c2ccc([C@]34CNC[C@H]3C4)cc2)OC1(C)C. The van der Waals surface area contributed by atoms with Crippen LogP contribution in [0.2, 0.25) is 0 Å². The van der Waals surface area contributed by atoms with E-state index in [1.165, 1.54) is 18.5 Å². The summed E-state index contributed by atoms with van der Waals surface area (Å²) in [5, 5.41) is 3.50. The minimum atomic E-state index is -0.272. The number of benzene rings is 1. The van der Waals surface area contributed by atoms with Gasteiger partial charge in [-0.25, -0.2) is 0 Å². The molecule has 1 N–H and O–H groups in total. The molecule has 0 spiro atoms. The van der Waals surface area contributed by atoms with Gasteiger partial charge < -0.3 is 14.6 Å². The normalized spacial score (nSPS) is 35.8. The molecule has 1 aromatic rings. The molecule has 3 nitrogen and oxygen atoms in total. The van der Waals surface area contributed by atoms with Gasteiger partial charge >= 0.3 is 7.12 Å². The molecule has 2 atom stereocenters. The van der Waals surface area contributed by atoms with Gasteiger partial charge in [-0.15, -0.1) is 0 Å². The lowest BCUT2D eigenvalue weighted by molar-refractivity contribution is 0.00578. The number of hydrogen-bond acceptors (Lipinski definition) is 3. The van der Waals surface area contributed by atoms with Gasteiger partial charge in [0.2, 0.25) is 0 Å². The molecule has 21 heavy (non-hydrogen) atoms. The minimum absolute atomic E-state index is 0.252. The van der Waals surface area contributed by atoms with Gasteiger partial charge in [0.05, 0.1) is 11.2 Å². The number of nitrogens with one attached hydrogen (secondary N) is 1. The third-order valence-electron chi connectivity index (χ3n) is 6.07. The first-order valence-electron chi connectivity index (χ1n) is 8.01. The third-order valence-corrected chi connectivity index (χ3v) is 6.07. The molecule has 112 valence electrons. The summed E-state index contributed by atoms with van der Waals surface area (Å²) in [5.74, 6) is 0.847. The predicted octanol–water partition coefficient (Wildman–Crippen LogP) is 1.85. The van der Waals surface area contributed by atoms with Crippen LogP contribution in [0.1, 0.15) is 39.7 Å². The van der Waals surface area contributed by atoms with Crippen LogP contribution < -0.4 is 10.8 Å². The van der Waals surface area contributed by atoms with Crippen molar-refractivity contribution in [2.75, 3.05) is 13.1 Å². The van der Waals surface area contributed by atoms with E-state index < -0.39 is 0 Å². The molecule has 3 aliphatic rings. The molecular weight excluding hydrogens is 261 g/mol. The minimum Gasteiger partial charge on any atom is -0.399 e. The Bertz CT molecular complexity index is 553. The standard InChI is InChI=1S/C17H24BNO2/c1-15(2)16(3,4)21-18(20-15)14-7-5-12(6-8-14)17-9-13(17)10-19-11-17/h5-8,13,19H,9-11H2,1-4H3/t13-,17+/m1/s1. The molecule has 1 aliphatic carbocycles. The fourth-order valence-electron chi connectivity index (χ4n) is 3.74. The van der Waals surface area contributed by atoms with E-state index in [2.05, 4.69) is 57.3 Å². The average Bonchev–Trinajstić information content (AvgIpc) is 2.90. The summed E-state index contributed by atoms with van der Waals surface area (Å²) < 4.78 is 12.2. The van der Waals surface area contributed by atoms with E-state index in [4.69, 9.17) is 9.31 Å². The molecule has 0 bridgehead atoms. The molecule has 2 aliphatic heterocycles. The molecule has 0 amide bonds. The van der Waals surface area contributed by atoms with Crippen LogP contribution in [0.5, 0.6) is 0 Å². The van der Waals surface area contributed by atoms with Crippen LogP contribution in [-0.2, 0) is 14.7 Å². The molecule has 0 radical (unpaired) electrons. The van der Waals surface area contributed by atoms with Crippen molar-refractivity contribution >= 4 is 12.6 Å². The van der Waals surface area contributed by atoms with Crippen LogP contribution in [0.4, 0.5) is 0 Å². The van der Waals surface area contributed by atoms with Gasteiger partial charge in [-0.2, -0.15) is 0 Å². The maximum Gasteiger partial charge on any atom is 0.494 e. The maximum absolute atomic E-state index is 6.12. The maximum atomic E-state index is 6.12. The molecule has 4 heteroatoms. The fraction of sp³-hybridized carbons (Fsp3) is 0.647. The van der Waals surface area contributed by atoms with Crippen LogP contribution in [0.15, 0.2) is 24.3 Å². The molecule has 0 aromatic heterocycles. The molecule has 2 heterocycles. The predicted molar refractivity (Wildman–Crippen MR) is 84.8 cm³/mol. The van der Waals surface area contributed by atoms with Gasteiger partial charge in [-0.1, -0.05) is 24.3 Å². The molecule has 1 aromatic carbocycles. The lowest BCUT2D eigenvalue weighted by atomic mass is 9.78. The first kappa shape index (κ1) is 13.8. The van der Waals surface area contributed by atoms with E-state index in [0.717, 1.165) is 17.9 Å². The smallest absolute Gasteiger partial charge is 0.399 e. The van der Waals surface area contributed by atoms with Crippen molar-refractivity contribution in [2.45, 2.75) is 50.7 Å². The van der Waals surface area contributed by atoms with Gasteiger partial charge in [0.1, 0.15) is 0 Å². The molecule has 0 unspecified atom stereocenters. The van der Waals surface area contributed by atoms with Crippen LogP contribution in [0.3, 0.4) is 0 Å². The first-order valence-corrected chi connectivity index (χ1v) is 8.01. The van der Waals surface area contributed by atoms with Gasteiger partial charge in [0.15, 0.2) is 0 Å². The molecule has 3 fully saturated rings. The summed E-state index contributed by atoms with van der Waals surface area (Å²) in [4.78, 5) is 0. The van der Waals surface area contributed by atoms with E-state index in [1.807, 2.05) is 0 Å². The largest absolute Gasteiger partial charge is 0.494 e. The Balaban J connectivity index is 1.55. The van der Waals surface area contributed by atoms with E-state index in [0.29, 0.717) is 5.41 Å². The Kier molecular flexibility index (Phi) is 2.71. The highest BCUT2D eigenvalue weighted by Gasteiger charge is 2.58. The Labute approximate surface area is 127 Å². The van der Waals surface area contributed by atoms with Crippen LogP contribution >= 0.6 is 0 Å². The van der Waals surface area contributed by atoms with Crippen LogP contribution in [-0.4, -0.2) is 31.4 Å². The number of rotatable bonds is 2. The van der Waals surface area contributed by atoms with Crippen molar-refractivity contribution in [3.8, 4) is 0 Å². The third kappa shape index (κ3) is 1.92. The molecule has 1 saturated carbocycles. The summed E-state index contributed by atoms with van der Waals surface area (Å²) in [7, 11) is -0.252. The van der Waals surface area contributed by atoms with Crippen molar-refractivity contribution in [1.82, 2.24) is 5.32 Å². The Morgan fingerprint density at radius 1 is 1.05 bits per heavy atom. The highest BCUT2D eigenvalue weighted by Crippen LogP contribution is 2.56. The van der Waals surface area contributed by atoms with Crippen LogP contribution in [0, 0.1) is 5.92 Å². The summed E-state index contributed by atoms with van der Waals surface area (Å²) in [5.41, 5.74) is 2.47. The first-order chi connectivity index (χ1) is 9.84. The Morgan fingerprint density at radius 2 is 1.67 bits per heavy atom. The highest BCUT2D eigenvalue weighted by molar-refractivity contribution is 6.62. The van der Waals surface area contributed by atoms with Gasteiger partial charge in [-0.3, -0.25) is 0 Å². The van der Waals surface area contributed by atoms with E-state index in [1.54, 1.807) is 0 Å².